The number of carbonyl (C=O) groups is 1. The number of nitrogens with zero attached hydrogens (tertiary/aromatic N) is 2. The number of anilines is 1. The molecule has 4 nitrogen and oxygen atoms in total. The Labute approximate surface area is 160 Å². The molecule has 4 heteroatoms. The number of amides is 1. The van der Waals surface area contributed by atoms with Gasteiger partial charge in [-0.2, -0.15) is 0 Å². The predicted molar refractivity (Wildman–Crippen MR) is 105 cm³/mol. The van der Waals surface area contributed by atoms with Gasteiger partial charge in [0.15, 0.2) is 0 Å². The lowest BCUT2D eigenvalue weighted by Gasteiger charge is -2.33. The molecule has 1 unspecified atom stereocenters. The molecule has 1 amide bonds. The van der Waals surface area contributed by atoms with E-state index in [0.717, 1.165) is 36.2 Å². The third-order valence-electron chi connectivity index (χ3n) is 6.67. The number of rotatable bonds is 4. The summed E-state index contributed by atoms with van der Waals surface area (Å²) < 4.78 is 5.99. The lowest BCUT2D eigenvalue weighted by molar-refractivity contribution is -0.122. The van der Waals surface area contributed by atoms with Crippen molar-refractivity contribution in [2.24, 2.45) is 11.8 Å². The van der Waals surface area contributed by atoms with Crippen molar-refractivity contribution in [3.63, 3.8) is 0 Å². The van der Waals surface area contributed by atoms with E-state index < -0.39 is 0 Å². The molecule has 0 spiro atoms. The Bertz CT molecular complexity index is 842. The fourth-order valence-electron chi connectivity index (χ4n) is 4.65. The lowest BCUT2D eigenvalue weighted by Crippen LogP contribution is -2.43. The average molecular weight is 362 g/mol. The van der Waals surface area contributed by atoms with E-state index in [1.165, 1.54) is 49.7 Å². The van der Waals surface area contributed by atoms with E-state index >= 15 is 0 Å². The maximum atomic E-state index is 11.5. The minimum absolute atomic E-state index is 0.163. The second-order valence-electron chi connectivity index (χ2n) is 8.21. The zero-order chi connectivity index (χ0) is 18.2. The van der Waals surface area contributed by atoms with Gasteiger partial charge in [0.25, 0.3) is 0 Å². The summed E-state index contributed by atoms with van der Waals surface area (Å²) in [5, 5.41) is 0. The van der Waals surface area contributed by atoms with Gasteiger partial charge in [0, 0.05) is 19.0 Å². The maximum Gasteiger partial charge on any atom is 0.228 e. The van der Waals surface area contributed by atoms with E-state index in [-0.39, 0.29) is 5.91 Å². The van der Waals surface area contributed by atoms with Crippen molar-refractivity contribution in [1.29, 1.82) is 0 Å². The van der Waals surface area contributed by atoms with Crippen LogP contribution < -0.4 is 9.64 Å². The Hall–Kier alpha value is -2.36. The van der Waals surface area contributed by atoms with Crippen molar-refractivity contribution in [3.8, 4) is 11.6 Å². The summed E-state index contributed by atoms with van der Waals surface area (Å²) in [4.78, 5) is 17.7. The van der Waals surface area contributed by atoms with Gasteiger partial charge in [-0.15, -0.1) is 0 Å². The topological polar surface area (TPSA) is 42.4 Å². The van der Waals surface area contributed by atoms with Crippen LogP contribution in [0.2, 0.25) is 0 Å². The van der Waals surface area contributed by atoms with Crippen LogP contribution in [0.25, 0.3) is 0 Å². The summed E-state index contributed by atoms with van der Waals surface area (Å²) in [6.07, 6.45) is 11.7. The van der Waals surface area contributed by atoms with Gasteiger partial charge < -0.3 is 9.64 Å². The van der Waals surface area contributed by atoms with Gasteiger partial charge in [-0.3, -0.25) is 4.79 Å². The fourth-order valence-corrected chi connectivity index (χ4v) is 4.65. The van der Waals surface area contributed by atoms with Gasteiger partial charge in [0.1, 0.15) is 5.75 Å². The van der Waals surface area contributed by atoms with Crippen LogP contribution in [0.3, 0.4) is 0 Å². The zero-order valence-electron chi connectivity index (χ0n) is 15.7. The molecule has 2 aliphatic carbocycles. The molecule has 2 aromatic rings. The number of fused-ring (bicyclic) bond motifs is 1. The van der Waals surface area contributed by atoms with E-state index in [1.807, 2.05) is 12.1 Å². The SMILES string of the molecule is O=C1CCN1c1ccc(Oc2ccc3c(c2)CCC(C2CCC2)CC3)nc1. The van der Waals surface area contributed by atoms with Crippen molar-refractivity contribution in [2.75, 3.05) is 11.4 Å². The first-order valence-electron chi connectivity index (χ1n) is 10.3. The number of aryl methyl sites for hydroxylation is 2. The summed E-state index contributed by atoms with van der Waals surface area (Å²) in [6, 6.07) is 10.3. The summed E-state index contributed by atoms with van der Waals surface area (Å²) in [5.74, 6) is 3.49. The third kappa shape index (κ3) is 3.33. The smallest absolute Gasteiger partial charge is 0.228 e. The monoisotopic (exact) mass is 362 g/mol. The van der Waals surface area contributed by atoms with Crippen molar-refractivity contribution in [2.45, 2.75) is 51.4 Å². The molecule has 2 heterocycles. The number of pyridine rings is 1. The van der Waals surface area contributed by atoms with Crippen LogP contribution in [-0.2, 0) is 17.6 Å². The molecule has 1 atom stereocenters. The second kappa shape index (κ2) is 6.99. The first-order chi connectivity index (χ1) is 13.3. The summed E-state index contributed by atoms with van der Waals surface area (Å²) >= 11 is 0. The molecule has 1 aromatic heterocycles. The second-order valence-corrected chi connectivity index (χ2v) is 8.21. The van der Waals surface area contributed by atoms with Crippen LogP contribution in [0.4, 0.5) is 5.69 Å². The van der Waals surface area contributed by atoms with Crippen LogP contribution in [-0.4, -0.2) is 17.4 Å². The van der Waals surface area contributed by atoms with E-state index in [4.69, 9.17) is 4.74 Å². The minimum Gasteiger partial charge on any atom is -0.439 e. The molecule has 0 radical (unpaired) electrons. The van der Waals surface area contributed by atoms with Gasteiger partial charge in [0.05, 0.1) is 11.9 Å². The number of hydrogen-bond acceptors (Lipinski definition) is 3. The Morgan fingerprint density at radius 2 is 1.74 bits per heavy atom. The number of benzene rings is 1. The standard InChI is InChI=1S/C23H26N2O2/c26-23-12-13-25(23)20-9-11-22(24-15-20)27-21-10-8-18-5-4-17(16-2-1-3-16)6-7-19(18)14-21/h8-11,14-17H,1-7,12-13H2. The normalized spacial score (nSPS) is 22.4. The van der Waals surface area contributed by atoms with Gasteiger partial charge in [0.2, 0.25) is 11.8 Å². The number of aromatic nitrogens is 1. The summed E-state index contributed by atoms with van der Waals surface area (Å²) in [6.45, 7) is 0.785. The van der Waals surface area contributed by atoms with Crippen LogP contribution in [0, 0.1) is 11.8 Å². The highest BCUT2D eigenvalue weighted by Crippen LogP contribution is 2.40. The fraction of sp³-hybridized carbons (Fsp3) is 0.478. The minimum atomic E-state index is 0.163. The highest BCUT2D eigenvalue weighted by Gasteiger charge is 2.28. The van der Waals surface area contributed by atoms with E-state index in [1.54, 1.807) is 11.1 Å². The predicted octanol–water partition coefficient (Wildman–Crippen LogP) is 4.91. The van der Waals surface area contributed by atoms with Crippen LogP contribution >= 0.6 is 0 Å². The molecular weight excluding hydrogens is 336 g/mol. The molecule has 0 N–H and O–H groups in total. The highest BCUT2D eigenvalue weighted by molar-refractivity contribution is 5.99. The van der Waals surface area contributed by atoms with Crippen molar-refractivity contribution in [1.82, 2.24) is 4.98 Å². The van der Waals surface area contributed by atoms with E-state index in [9.17, 15) is 4.79 Å². The van der Waals surface area contributed by atoms with Crippen molar-refractivity contribution in [3.05, 3.63) is 47.7 Å². The third-order valence-corrected chi connectivity index (χ3v) is 6.67. The molecule has 0 bridgehead atoms. The Kier molecular flexibility index (Phi) is 4.35. The molecule has 1 saturated carbocycles. The van der Waals surface area contributed by atoms with Gasteiger partial charge in [-0.1, -0.05) is 25.3 Å². The van der Waals surface area contributed by atoms with E-state index in [0.29, 0.717) is 12.3 Å². The van der Waals surface area contributed by atoms with Crippen molar-refractivity contribution < 1.29 is 9.53 Å². The maximum absolute atomic E-state index is 11.5. The molecule has 3 aliphatic rings. The number of ether oxygens (including phenoxy) is 1. The first kappa shape index (κ1) is 16.8. The number of hydrogen-bond donors (Lipinski definition) is 0. The molecule has 1 aliphatic heterocycles. The van der Waals surface area contributed by atoms with Crippen LogP contribution in [0.5, 0.6) is 11.6 Å². The van der Waals surface area contributed by atoms with E-state index in [2.05, 4.69) is 23.2 Å². The van der Waals surface area contributed by atoms with Crippen LogP contribution in [0.15, 0.2) is 36.5 Å². The molecular formula is C23H26N2O2. The Balaban J connectivity index is 1.26. The van der Waals surface area contributed by atoms with Gasteiger partial charge in [-0.05, 0) is 66.8 Å². The Morgan fingerprint density at radius 3 is 2.37 bits per heavy atom. The largest absolute Gasteiger partial charge is 0.439 e. The summed E-state index contributed by atoms with van der Waals surface area (Å²) in [5.41, 5.74) is 3.78. The Morgan fingerprint density at radius 1 is 0.926 bits per heavy atom. The zero-order valence-corrected chi connectivity index (χ0v) is 15.7. The summed E-state index contributed by atoms with van der Waals surface area (Å²) in [7, 11) is 0. The molecule has 1 saturated heterocycles. The molecule has 2 fully saturated rings. The highest BCUT2D eigenvalue weighted by atomic mass is 16.5. The molecule has 5 rings (SSSR count). The van der Waals surface area contributed by atoms with Gasteiger partial charge >= 0.3 is 0 Å². The molecule has 27 heavy (non-hydrogen) atoms. The lowest BCUT2D eigenvalue weighted by atomic mass is 9.73. The number of carbonyl (C=O) groups excluding carboxylic acids is 1. The van der Waals surface area contributed by atoms with Crippen molar-refractivity contribution >= 4 is 11.6 Å². The first-order valence-corrected chi connectivity index (χ1v) is 10.3. The van der Waals surface area contributed by atoms with Crippen LogP contribution in [0.1, 0.15) is 49.7 Å². The molecule has 140 valence electrons. The average Bonchev–Trinajstić information content (AvgIpc) is 2.83. The number of β-lactam (4-membered cyclic amide) rings is 1. The molecule has 1 aromatic carbocycles. The van der Waals surface area contributed by atoms with Gasteiger partial charge in [-0.25, -0.2) is 4.98 Å². The quantitative estimate of drug-likeness (QED) is 0.573.